The Morgan fingerprint density at radius 2 is 2.10 bits per heavy atom. The van der Waals surface area contributed by atoms with Gasteiger partial charge in [-0.3, -0.25) is 14.3 Å². The molecule has 0 fully saturated rings. The lowest BCUT2D eigenvalue weighted by molar-refractivity contribution is -0.123. The number of hydrogen-bond acceptors (Lipinski definition) is 3. The lowest BCUT2D eigenvalue weighted by Crippen LogP contribution is -2.41. The van der Waals surface area contributed by atoms with Crippen LogP contribution in [0.5, 0.6) is 0 Å². The fraction of sp³-hybridized carbons (Fsp3) is 0.692. The number of nitrogens with one attached hydrogen (secondary N) is 1. The molecule has 1 aromatic rings. The number of alkyl halides is 2. The summed E-state index contributed by atoms with van der Waals surface area (Å²) in [6.45, 7) is 3.71. The molecule has 1 heterocycles. The fourth-order valence-electron chi connectivity index (χ4n) is 1.65. The van der Waals surface area contributed by atoms with Gasteiger partial charge in [-0.05, 0) is 19.9 Å². The Kier molecular flexibility index (Phi) is 6.06. The summed E-state index contributed by atoms with van der Waals surface area (Å²) in [6, 6.07) is 0.0824. The van der Waals surface area contributed by atoms with E-state index in [9.17, 15) is 13.6 Å². The summed E-state index contributed by atoms with van der Waals surface area (Å²) >= 11 is 0. The lowest BCUT2D eigenvalue weighted by atomic mass is 10.1. The van der Waals surface area contributed by atoms with E-state index in [2.05, 4.69) is 10.3 Å². The van der Waals surface area contributed by atoms with Crippen molar-refractivity contribution in [3.8, 4) is 0 Å². The van der Waals surface area contributed by atoms with Crippen molar-refractivity contribution in [3.05, 3.63) is 18.2 Å². The van der Waals surface area contributed by atoms with Gasteiger partial charge in [0.2, 0.25) is 5.91 Å². The Morgan fingerprint density at radius 1 is 1.45 bits per heavy atom. The van der Waals surface area contributed by atoms with Gasteiger partial charge in [0, 0.05) is 18.4 Å². The van der Waals surface area contributed by atoms with Crippen LogP contribution in [0.15, 0.2) is 12.4 Å². The molecule has 0 bridgehead atoms. The van der Waals surface area contributed by atoms with Crippen molar-refractivity contribution in [2.24, 2.45) is 5.92 Å². The highest BCUT2D eigenvalue weighted by Crippen LogP contribution is 2.13. The molecule has 20 heavy (non-hydrogen) atoms. The molecule has 1 N–H and O–H groups in total. The summed E-state index contributed by atoms with van der Waals surface area (Å²) in [7, 11) is 1.70. The molecular formula is C13H22F2N4O. The average molecular weight is 288 g/mol. The molecule has 0 saturated heterocycles. The van der Waals surface area contributed by atoms with E-state index < -0.39 is 6.55 Å². The van der Waals surface area contributed by atoms with E-state index >= 15 is 0 Å². The molecule has 1 amide bonds. The van der Waals surface area contributed by atoms with E-state index in [1.54, 1.807) is 11.9 Å². The third kappa shape index (κ3) is 4.88. The number of nitrogens with zero attached hydrogens (tertiary/aromatic N) is 3. The molecule has 0 aliphatic carbocycles. The zero-order valence-electron chi connectivity index (χ0n) is 12.3. The summed E-state index contributed by atoms with van der Waals surface area (Å²) in [5, 5.41) is 2.87. The number of amides is 1. The molecule has 1 aromatic heterocycles. The molecular weight excluding hydrogens is 266 g/mol. The maximum Gasteiger partial charge on any atom is 0.319 e. The minimum Gasteiger partial charge on any atom is -0.352 e. The summed E-state index contributed by atoms with van der Waals surface area (Å²) in [5.74, 6) is 0.470. The Hall–Kier alpha value is -1.50. The number of hydrogen-bond donors (Lipinski definition) is 1. The lowest BCUT2D eigenvalue weighted by Gasteiger charge is -2.21. The van der Waals surface area contributed by atoms with Crippen LogP contribution in [0.4, 0.5) is 8.78 Å². The Balaban J connectivity index is 2.49. The standard InChI is InChI=1S/C13H22F2N4O/c1-9(2)10(3)17-12(20)8-18(4)7-11-16-5-6-19(11)13(14)15/h5-6,9-10,13H,7-8H2,1-4H3,(H,17,20). The molecule has 114 valence electrons. The van der Waals surface area contributed by atoms with Crippen molar-refractivity contribution < 1.29 is 13.6 Å². The van der Waals surface area contributed by atoms with Crippen LogP contribution in [-0.4, -0.2) is 40.0 Å². The van der Waals surface area contributed by atoms with Gasteiger partial charge >= 0.3 is 6.55 Å². The first-order chi connectivity index (χ1) is 9.31. The third-order valence-electron chi connectivity index (χ3n) is 3.17. The SMILES string of the molecule is CC(C)C(C)NC(=O)CN(C)Cc1nccn1C(F)F. The summed E-state index contributed by atoms with van der Waals surface area (Å²) < 4.78 is 26.1. The van der Waals surface area contributed by atoms with Gasteiger partial charge in [-0.2, -0.15) is 8.78 Å². The van der Waals surface area contributed by atoms with E-state index in [1.807, 2.05) is 20.8 Å². The zero-order chi connectivity index (χ0) is 15.3. The molecule has 0 spiro atoms. The quantitative estimate of drug-likeness (QED) is 0.833. The van der Waals surface area contributed by atoms with Crippen molar-refractivity contribution in [2.45, 2.75) is 39.9 Å². The second-order valence-electron chi connectivity index (χ2n) is 5.30. The van der Waals surface area contributed by atoms with Gasteiger partial charge in [0.25, 0.3) is 0 Å². The van der Waals surface area contributed by atoms with Crippen LogP contribution in [-0.2, 0) is 11.3 Å². The molecule has 0 radical (unpaired) electrons. The van der Waals surface area contributed by atoms with Gasteiger partial charge in [0.05, 0.1) is 13.1 Å². The van der Waals surface area contributed by atoms with Gasteiger partial charge in [-0.15, -0.1) is 0 Å². The number of carbonyl (C=O) groups excluding carboxylic acids is 1. The third-order valence-corrected chi connectivity index (χ3v) is 3.17. The molecule has 1 unspecified atom stereocenters. The van der Waals surface area contributed by atoms with Crippen molar-refractivity contribution in [1.29, 1.82) is 0 Å². The highest BCUT2D eigenvalue weighted by Gasteiger charge is 2.16. The van der Waals surface area contributed by atoms with E-state index in [0.29, 0.717) is 5.92 Å². The molecule has 0 aromatic carbocycles. The van der Waals surface area contributed by atoms with E-state index in [1.165, 1.54) is 12.4 Å². The molecule has 1 atom stereocenters. The molecule has 0 aliphatic heterocycles. The minimum atomic E-state index is -2.62. The predicted octanol–water partition coefficient (Wildman–Crippen LogP) is 1.87. The second-order valence-corrected chi connectivity index (χ2v) is 5.30. The van der Waals surface area contributed by atoms with Crippen LogP contribution >= 0.6 is 0 Å². The maximum absolute atomic E-state index is 12.7. The smallest absolute Gasteiger partial charge is 0.319 e. The number of aromatic nitrogens is 2. The van der Waals surface area contributed by atoms with Crippen LogP contribution < -0.4 is 5.32 Å². The number of imidazole rings is 1. The van der Waals surface area contributed by atoms with Gasteiger partial charge < -0.3 is 5.32 Å². The number of likely N-dealkylation sites (N-methyl/N-ethyl adjacent to an activating group) is 1. The van der Waals surface area contributed by atoms with E-state index in [4.69, 9.17) is 0 Å². The van der Waals surface area contributed by atoms with Crippen LogP contribution in [0, 0.1) is 5.92 Å². The Bertz CT molecular complexity index is 434. The fourth-order valence-corrected chi connectivity index (χ4v) is 1.65. The van der Waals surface area contributed by atoms with Gasteiger partial charge in [-0.1, -0.05) is 13.8 Å². The highest BCUT2D eigenvalue weighted by atomic mass is 19.3. The van der Waals surface area contributed by atoms with E-state index in [0.717, 1.165) is 4.57 Å². The van der Waals surface area contributed by atoms with E-state index in [-0.39, 0.29) is 30.9 Å². The zero-order valence-corrected chi connectivity index (χ0v) is 12.3. The second kappa shape index (κ2) is 7.33. The van der Waals surface area contributed by atoms with Gasteiger partial charge in [-0.25, -0.2) is 4.98 Å². The van der Waals surface area contributed by atoms with Gasteiger partial charge in [0.15, 0.2) is 0 Å². The highest BCUT2D eigenvalue weighted by molar-refractivity contribution is 5.78. The number of rotatable bonds is 7. The monoisotopic (exact) mass is 288 g/mol. The Labute approximate surface area is 118 Å². The average Bonchev–Trinajstić information content (AvgIpc) is 2.76. The number of carbonyl (C=O) groups is 1. The number of halogens is 2. The van der Waals surface area contributed by atoms with Crippen LogP contribution in [0.3, 0.4) is 0 Å². The van der Waals surface area contributed by atoms with Crippen LogP contribution in [0.25, 0.3) is 0 Å². The Morgan fingerprint density at radius 3 is 2.65 bits per heavy atom. The van der Waals surface area contributed by atoms with Crippen molar-refractivity contribution in [1.82, 2.24) is 19.8 Å². The molecule has 5 nitrogen and oxygen atoms in total. The molecule has 7 heteroatoms. The van der Waals surface area contributed by atoms with Crippen molar-refractivity contribution in [3.63, 3.8) is 0 Å². The summed E-state index contributed by atoms with van der Waals surface area (Å²) in [5.41, 5.74) is 0. The predicted molar refractivity (Wildman–Crippen MR) is 72.3 cm³/mol. The van der Waals surface area contributed by atoms with Crippen LogP contribution in [0.2, 0.25) is 0 Å². The molecule has 1 rings (SSSR count). The molecule has 0 aliphatic rings. The topological polar surface area (TPSA) is 50.2 Å². The summed E-state index contributed by atoms with van der Waals surface area (Å²) in [4.78, 5) is 17.3. The van der Waals surface area contributed by atoms with Crippen LogP contribution in [0.1, 0.15) is 33.1 Å². The summed E-state index contributed by atoms with van der Waals surface area (Å²) in [6.07, 6.45) is 2.56. The first-order valence-corrected chi connectivity index (χ1v) is 6.59. The van der Waals surface area contributed by atoms with Gasteiger partial charge in [0.1, 0.15) is 5.82 Å². The minimum absolute atomic E-state index is 0.0824. The maximum atomic E-state index is 12.7. The normalized spacial score (nSPS) is 13.2. The first kappa shape index (κ1) is 16.6. The molecule has 0 saturated carbocycles. The van der Waals surface area contributed by atoms with Crippen molar-refractivity contribution >= 4 is 5.91 Å². The largest absolute Gasteiger partial charge is 0.352 e. The van der Waals surface area contributed by atoms with Crippen molar-refractivity contribution in [2.75, 3.05) is 13.6 Å². The first-order valence-electron chi connectivity index (χ1n) is 6.59.